The van der Waals surface area contributed by atoms with Gasteiger partial charge in [0.05, 0.1) is 30.8 Å². The maximum Gasteiger partial charge on any atom is 0.221 e. The van der Waals surface area contributed by atoms with E-state index in [1.54, 1.807) is 12.1 Å². The third-order valence-electron chi connectivity index (χ3n) is 5.12. The molecule has 1 aromatic heterocycles. The summed E-state index contributed by atoms with van der Waals surface area (Å²) in [6, 6.07) is 5.24. The predicted molar refractivity (Wildman–Crippen MR) is 113 cm³/mol. The van der Waals surface area contributed by atoms with Gasteiger partial charge in [-0.05, 0) is 25.1 Å². The van der Waals surface area contributed by atoms with E-state index in [1.165, 1.54) is 18.7 Å². The second kappa shape index (κ2) is 9.14. The van der Waals surface area contributed by atoms with Gasteiger partial charge in [-0.2, -0.15) is 0 Å². The Kier molecular flexibility index (Phi) is 6.15. The number of aromatic nitrogens is 2. The van der Waals surface area contributed by atoms with E-state index in [2.05, 4.69) is 30.9 Å². The van der Waals surface area contributed by atoms with Crippen LogP contribution < -0.4 is 20.7 Å². The van der Waals surface area contributed by atoms with E-state index in [4.69, 9.17) is 14.9 Å². The summed E-state index contributed by atoms with van der Waals surface area (Å²) in [6.45, 7) is 3.25. The number of hydrogen-bond acceptors (Lipinski definition) is 7. The first kappa shape index (κ1) is 20.2. The lowest BCUT2D eigenvalue weighted by atomic mass is 9.95. The molecule has 10 heteroatoms. The quantitative estimate of drug-likeness (QED) is 0.407. The Morgan fingerprint density at radius 2 is 2.10 bits per heavy atom. The molecule has 0 saturated carbocycles. The molecule has 4 rings (SSSR count). The molecule has 1 aromatic carbocycles. The maximum absolute atomic E-state index is 14.5. The minimum absolute atomic E-state index is 0.0522. The first-order chi connectivity index (χ1) is 14.6. The lowest BCUT2D eigenvalue weighted by molar-refractivity contribution is -0.0134. The molecule has 2 bridgehead atoms. The summed E-state index contributed by atoms with van der Waals surface area (Å²) in [5.41, 5.74) is 1.52. The number of anilines is 3. The van der Waals surface area contributed by atoms with Gasteiger partial charge in [-0.15, -0.1) is 0 Å². The summed E-state index contributed by atoms with van der Waals surface area (Å²) < 4.78 is 26.3. The van der Waals surface area contributed by atoms with Crippen molar-refractivity contribution in [2.45, 2.75) is 38.0 Å². The molecule has 9 nitrogen and oxygen atoms in total. The second-order valence-electron chi connectivity index (χ2n) is 7.33. The number of aliphatic imine (C=N–C) groups is 1. The van der Waals surface area contributed by atoms with Gasteiger partial charge in [0.2, 0.25) is 5.88 Å². The van der Waals surface area contributed by atoms with Crippen molar-refractivity contribution in [3.05, 3.63) is 35.9 Å². The van der Waals surface area contributed by atoms with E-state index < -0.39 is 5.82 Å². The first-order valence-electron chi connectivity index (χ1n) is 9.78. The maximum atomic E-state index is 14.5. The minimum atomic E-state index is -0.449. The van der Waals surface area contributed by atoms with Crippen molar-refractivity contribution in [3.63, 3.8) is 0 Å². The van der Waals surface area contributed by atoms with Crippen molar-refractivity contribution in [1.82, 2.24) is 15.3 Å². The highest BCUT2D eigenvalue weighted by molar-refractivity contribution is 5.81. The molecule has 158 valence electrons. The van der Waals surface area contributed by atoms with Crippen LogP contribution in [0.4, 0.5) is 21.6 Å². The predicted octanol–water partition coefficient (Wildman–Crippen LogP) is 2.61. The number of halogens is 1. The molecule has 2 unspecified atom stereocenters. The summed E-state index contributed by atoms with van der Waals surface area (Å²) in [4.78, 5) is 12.1. The van der Waals surface area contributed by atoms with Crippen LogP contribution in [0.3, 0.4) is 0 Å². The van der Waals surface area contributed by atoms with Crippen LogP contribution in [-0.2, 0) is 4.74 Å². The summed E-state index contributed by atoms with van der Waals surface area (Å²) in [5.74, 6) is 0.539. The monoisotopic (exact) mass is 413 g/mol. The second-order valence-corrected chi connectivity index (χ2v) is 7.33. The number of piperidine rings is 1. The minimum Gasteiger partial charge on any atom is -0.474 e. The van der Waals surface area contributed by atoms with Crippen molar-refractivity contribution in [2.75, 3.05) is 23.8 Å². The van der Waals surface area contributed by atoms with Gasteiger partial charge in [-0.1, -0.05) is 0 Å². The van der Waals surface area contributed by atoms with Gasteiger partial charge < -0.3 is 25.4 Å². The third-order valence-corrected chi connectivity index (χ3v) is 5.12. The summed E-state index contributed by atoms with van der Waals surface area (Å²) in [5, 5.41) is 16.2. The van der Waals surface area contributed by atoms with Crippen molar-refractivity contribution >= 4 is 29.9 Å². The van der Waals surface area contributed by atoms with Gasteiger partial charge in [0.25, 0.3) is 0 Å². The van der Waals surface area contributed by atoms with E-state index in [9.17, 15) is 4.39 Å². The molecule has 4 N–H and O–H groups in total. The van der Waals surface area contributed by atoms with Gasteiger partial charge in [0.1, 0.15) is 30.4 Å². The molecular formula is C20H24FN7O2. The Bertz CT molecular complexity index is 927. The largest absolute Gasteiger partial charge is 0.474 e. The number of nitrogens with zero attached hydrogens (tertiary/aromatic N) is 3. The van der Waals surface area contributed by atoms with Gasteiger partial charge in [0, 0.05) is 30.6 Å². The van der Waals surface area contributed by atoms with Crippen molar-refractivity contribution in [2.24, 2.45) is 4.99 Å². The van der Waals surface area contributed by atoms with Crippen LogP contribution in [0.1, 0.15) is 18.4 Å². The Balaban J connectivity index is 1.45. The topological polar surface area (TPSA) is 117 Å². The van der Waals surface area contributed by atoms with Crippen molar-refractivity contribution < 1.29 is 13.9 Å². The molecule has 2 aliphatic heterocycles. The number of morpholine rings is 1. The molecule has 0 radical (unpaired) electrons. The smallest absolute Gasteiger partial charge is 0.221 e. The van der Waals surface area contributed by atoms with E-state index in [0.717, 1.165) is 24.7 Å². The lowest BCUT2D eigenvalue weighted by Gasteiger charge is -2.39. The highest BCUT2D eigenvalue weighted by Gasteiger charge is 2.33. The molecular weight excluding hydrogens is 389 g/mol. The Hall–Kier alpha value is -3.11. The Morgan fingerprint density at radius 1 is 1.30 bits per heavy atom. The molecule has 0 aliphatic carbocycles. The van der Waals surface area contributed by atoms with Crippen LogP contribution in [0.2, 0.25) is 0 Å². The normalized spacial score (nSPS) is 23.2. The van der Waals surface area contributed by atoms with Crippen LogP contribution in [0.5, 0.6) is 5.88 Å². The van der Waals surface area contributed by atoms with Gasteiger partial charge in [0.15, 0.2) is 0 Å². The summed E-state index contributed by atoms with van der Waals surface area (Å²) >= 11 is 0. The number of benzene rings is 1. The number of nitrogens with one attached hydrogen (secondary N) is 4. The number of hydrogen-bond donors (Lipinski definition) is 4. The molecule has 0 amide bonds. The zero-order valence-corrected chi connectivity index (χ0v) is 16.6. The lowest BCUT2D eigenvalue weighted by Crippen LogP contribution is -2.56. The average Bonchev–Trinajstić information content (AvgIpc) is 2.73. The SMILES string of the molecule is Cc1c(Nc2ccc(N/C=N\C=N)cc2F)ncnc1OC1CC2COCC(C1)N2. The summed E-state index contributed by atoms with van der Waals surface area (Å²) in [7, 11) is 0. The zero-order valence-electron chi connectivity index (χ0n) is 16.6. The Labute approximate surface area is 173 Å². The average molecular weight is 413 g/mol. The third kappa shape index (κ3) is 4.71. The zero-order chi connectivity index (χ0) is 20.9. The number of ether oxygens (including phenoxy) is 2. The molecule has 2 fully saturated rings. The molecule has 2 aliphatic rings. The fourth-order valence-electron chi connectivity index (χ4n) is 3.70. The van der Waals surface area contributed by atoms with Gasteiger partial charge >= 0.3 is 0 Å². The van der Waals surface area contributed by atoms with Crippen LogP contribution in [-0.4, -0.2) is 54.0 Å². The van der Waals surface area contributed by atoms with Crippen LogP contribution >= 0.6 is 0 Å². The molecule has 0 spiro atoms. The molecule has 2 aromatic rings. The van der Waals surface area contributed by atoms with Gasteiger partial charge in [-0.3, -0.25) is 5.41 Å². The van der Waals surface area contributed by atoms with E-state index in [0.29, 0.717) is 42.7 Å². The fraction of sp³-hybridized carbons (Fsp3) is 0.400. The van der Waals surface area contributed by atoms with Crippen LogP contribution in [0, 0.1) is 18.2 Å². The van der Waals surface area contributed by atoms with E-state index >= 15 is 0 Å². The fourth-order valence-corrected chi connectivity index (χ4v) is 3.70. The molecule has 3 heterocycles. The van der Waals surface area contributed by atoms with Crippen molar-refractivity contribution in [3.8, 4) is 5.88 Å². The summed E-state index contributed by atoms with van der Waals surface area (Å²) in [6.07, 6.45) is 5.38. The molecule has 30 heavy (non-hydrogen) atoms. The van der Waals surface area contributed by atoms with Crippen LogP contribution in [0.25, 0.3) is 0 Å². The van der Waals surface area contributed by atoms with E-state index in [-0.39, 0.29) is 11.8 Å². The Morgan fingerprint density at radius 3 is 2.83 bits per heavy atom. The number of fused-ring (bicyclic) bond motifs is 2. The highest BCUT2D eigenvalue weighted by atomic mass is 19.1. The number of rotatable bonds is 7. The molecule has 2 atom stereocenters. The highest BCUT2D eigenvalue weighted by Crippen LogP contribution is 2.29. The molecule has 2 saturated heterocycles. The standard InChI is InChI=1S/C20H24FN7O2/c1-12-19(28-18-3-2-13(6-17(18)21)24-10-23-9-22)25-11-26-20(12)30-16-4-14-7-29-8-15(5-16)27-14/h2-3,6,9-11,14-16,27H,4-5,7-8H2,1H3,(H2,22,23,24)(H,25,26,28). The first-order valence-corrected chi connectivity index (χ1v) is 9.78. The van der Waals surface area contributed by atoms with Crippen molar-refractivity contribution in [1.29, 1.82) is 5.41 Å². The van der Waals surface area contributed by atoms with Gasteiger partial charge in [-0.25, -0.2) is 19.4 Å². The van der Waals surface area contributed by atoms with E-state index in [1.807, 2.05) is 6.92 Å². The van der Waals surface area contributed by atoms with Crippen LogP contribution in [0.15, 0.2) is 29.5 Å².